The molecule has 0 saturated heterocycles. The van der Waals surface area contributed by atoms with Gasteiger partial charge in [0.2, 0.25) is 0 Å². The van der Waals surface area contributed by atoms with Crippen molar-refractivity contribution in [3.8, 4) is 0 Å². The Kier molecular flexibility index (Phi) is 22.6. The van der Waals surface area contributed by atoms with Crippen LogP contribution < -0.4 is 31.9 Å². The molecule has 11 rings (SSSR count). The van der Waals surface area contributed by atoms with Crippen molar-refractivity contribution >= 4 is 69.6 Å². The van der Waals surface area contributed by atoms with Crippen LogP contribution in [-0.2, 0) is 10.8 Å². The Morgan fingerprint density at radius 1 is 0.250 bits per heavy atom. The molecular formula is C92H104N6O6. The quantitative estimate of drug-likeness (QED) is 0.0443. The number of amides is 6. The molecule has 0 aliphatic heterocycles. The summed E-state index contributed by atoms with van der Waals surface area (Å²) in [7, 11) is 0. The number of carbonyl (C=O) groups excluding carboxylic acids is 6. The van der Waals surface area contributed by atoms with Crippen LogP contribution in [0.5, 0.6) is 0 Å². The lowest BCUT2D eigenvalue weighted by Gasteiger charge is -2.40. The highest BCUT2D eigenvalue weighted by molar-refractivity contribution is 6.12. The van der Waals surface area contributed by atoms with Crippen molar-refractivity contribution in [3.63, 3.8) is 0 Å². The molecule has 2 saturated carbocycles. The SMILES string of the molecule is Cc1cc(C2(c3cc(C)c(NC(=O)c4cccc(C(=O)Nc5c(C(C)C)cccc5C(C)C)c4)c(C)c3)CCCCC2)cc(C)c1NC(=O)c1cccc(C(=O)Nc2c(C)cc(C3(c4cc(C)c(NC(=O)c5cccc(C(=O)Nc6c(C(C)C)cccc6C(C)C)c5)c(C)c4)CCCCC3)cc2C)c1. The highest BCUT2D eigenvalue weighted by Gasteiger charge is 2.39. The minimum Gasteiger partial charge on any atom is -0.322 e. The lowest BCUT2D eigenvalue weighted by atomic mass is 9.64. The summed E-state index contributed by atoms with van der Waals surface area (Å²) in [4.78, 5) is 84.8. The summed E-state index contributed by atoms with van der Waals surface area (Å²) in [6.45, 7) is 33.3. The third kappa shape index (κ3) is 15.7. The molecule has 0 atom stereocenters. The number of carbonyl (C=O) groups is 6. The average molecular weight is 1390 g/mol. The Morgan fingerprint density at radius 3 is 0.606 bits per heavy atom. The summed E-state index contributed by atoms with van der Waals surface area (Å²) in [5.41, 5.74) is 22.9. The number of nitrogens with one attached hydrogen (secondary N) is 6. The smallest absolute Gasteiger partial charge is 0.255 e. The topological polar surface area (TPSA) is 175 Å². The lowest BCUT2D eigenvalue weighted by molar-refractivity contribution is 0.101. The van der Waals surface area contributed by atoms with Crippen molar-refractivity contribution in [2.75, 3.05) is 31.9 Å². The van der Waals surface area contributed by atoms with Crippen molar-refractivity contribution in [2.24, 2.45) is 0 Å². The number of rotatable bonds is 20. The average Bonchev–Trinajstić information content (AvgIpc) is 0.755. The van der Waals surface area contributed by atoms with E-state index >= 15 is 0 Å². The second kappa shape index (κ2) is 31.4. The van der Waals surface area contributed by atoms with Gasteiger partial charge in [-0.15, -0.1) is 0 Å². The molecule has 0 bridgehead atoms. The minimum atomic E-state index is -0.316. The van der Waals surface area contributed by atoms with Gasteiger partial charge in [-0.1, -0.05) is 197 Å². The van der Waals surface area contributed by atoms with E-state index in [0.29, 0.717) is 33.4 Å². The Balaban J connectivity index is 0.762. The van der Waals surface area contributed by atoms with Gasteiger partial charge in [0, 0.05) is 78.3 Å². The fourth-order valence-electron chi connectivity index (χ4n) is 16.5. The van der Waals surface area contributed by atoms with Crippen LogP contribution in [-0.4, -0.2) is 35.4 Å². The van der Waals surface area contributed by atoms with Gasteiger partial charge in [-0.25, -0.2) is 0 Å². The maximum atomic E-state index is 14.4. The van der Waals surface area contributed by atoms with E-state index in [4.69, 9.17) is 0 Å². The number of anilines is 6. The molecule has 0 aromatic heterocycles. The zero-order chi connectivity index (χ0) is 74.6. The molecule has 0 unspecified atom stereocenters. The molecule has 0 heterocycles. The summed E-state index contributed by atoms with van der Waals surface area (Å²) < 4.78 is 0. The molecule has 104 heavy (non-hydrogen) atoms. The first-order valence-corrected chi connectivity index (χ1v) is 37.5. The fraction of sp³-hybridized carbons (Fsp3) is 0.348. The summed E-state index contributed by atoms with van der Waals surface area (Å²) in [6, 6.07) is 50.8. The van der Waals surface area contributed by atoms with E-state index in [1.165, 1.54) is 22.3 Å². The van der Waals surface area contributed by atoms with Crippen molar-refractivity contribution < 1.29 is 28.8 Å². The summed E-state index contributed by atoms with van der Waals surface area (Å²) in [5, 5.41) is 19.3. The highest BCUT2D eigenvalue weighted by Crippen LogP contribution is 2.50. The standard InChI is InChI=1S/C92H104N6O6/c1-53(2)75-34-26-35-76(54(3)4)83(75)97-89(103)69-32-24-30-67(51-69)87(101)95-81-61(13)46-73(47-62(81)14)91(38-19-17-20-39-91)71-42-57(9)79(58(10)43-71)93-85(99)65-28-23-29-66(50-65)86(100)94-80-59(11)44-72(45-60(80)12)92(40-21-18-22-41-92)74-48-63(15)82(64(16)49-74)96-88(102)68-31-25-33-70(52-68)90(104)98-84-77(55(5)6)36-27-37-78(84)56(7)8/h23-37,42-56H,17-22,38-41H2,1-16H3,(H,93,99)(H,94,100)(H,95,101)(H,96,102)(H,97,103)(H,98,104). The first kappa shape index (κ1) is 75.0. The number of hydrogen-bond donors (Lipinski definition) is 6. The summed E-state index contributed by atoms with van der Waals surface area (Å²) >= 11 is 0. The van der Waals surface area contributed by atoms with E-state index < -0.39 is 0 Å². The zero-order valence-electron chi connectivity index (χ0n) is 63.8. The van der Waals surface area contributed by atoms with Gasteiger partial charge < -0.3 is 31.9 Å². The van der Waals surface area contributed by atoms with Gasteiger partial charge >= 0.3 is 0 Å². The number of aryl methyl sites for hydroxylation is 8. The Morgan fingerprint density at radius 2 is 0.423 bits per heavy atom. The normalized spacial score (nSPS) is 14.1. The van der Waals surface area contributed by atoms with E-state index in [1.54, 1.807) is 72.8 Å². The molecule has 6 amide bonds. The Hall–Kier alpha value is -10.2. The maximum Gasteiger partial charge on any atom is 0.255 e. The first-order chi connectivity index (χ1) is 49.6. The molecule has 2 aliphatic rings. The molecule has 0 radical (unpaired) electrons. The van der Waals surface area contributed by atoms with E-state index in [2.05, 4.69) is 160 Å². The van der Waals surface area contributed by atoms with Crippen molar-refractivity contribution in [3.05, 3.63) is 280 Å². The molecule has 12 nitrogen and oxygen atoms in total. The van der Waals surface area contributed by atoms with E-state index in [1.807, 2.05) is 67.5 Å². The third-order valence-corrected chi connectivity index (χ3v) is 22.1. The molecular weight excluding hydrogens is 1290 g/mol. The van der Waals surface area contributed by atoms with E-state index in [9.17, 15) is 28.8 Å². The fourth-order valence-corrected chi connectivity index (χ4v) is 16.5. The van der Waals surface area contributed by atoms with E-state index in [0.717, 1.165) is 165 Å². The van der Waals surface area contributed by atoms with Gasteiger partial charge in [0.25, 0.3) is 35.4 Å². The Labute approximate surface area is 616 Å². The molecule has 2 fully saturated rings. The van der Waals surface area contributed by atoms with Gasteiger partial charge in [0.05, 0.1) is 0 Å². The van der Waals surface area contributed by atoms with Crippen molar-refractivity contribution in [1.82, 2.24) is 0 Å². The van der Waals surface area contributed by atoms with Crippen LogP contribution in [0.3, 0.4) is 0 Å². The maximum absolute atomic E-state index is 14.4. The number of benzene rings is 9. The monoisotopic (exact) mass is 1390 g/mol. The van der Waals surface area contributed by atoms with Gasteiger partial charge in [0.1, 0.15) is 0 Å². The molecule has 12 heteroatoms. The second-order valence-electron chi connectivity index (χ2n) is 30.9. The predicted molar refractivity (Wildman–Crippen MR) is 428 cm³/mol. The summed E-state index contributed by atoms with van der Waals surface area (Å²) in [5.74, 6) is -0.919. The molecule has 9 aromatic carbocycles. The molecule has 9 aromatic rings. The largest absolute Gasteiger partial charge is 0.322 e. The Bertz CT molecular complexity index is 4380. The van der Waals surface area contributed by atoms with Crippen molar-refractivity contribution in [2.45, 2.75) is 209 Å². The van der Waals surface area contributed by atoms with Crippen molar-refractivity contribution in [1.29, 1.82) is 0 Å². The predicted octanol–water partition coefficient (Wildman–Crippen LogP) is 22.7. The van der Waals surface area contributed by atoms with Crippen LogP contribution >= 0.6 is 0 Å². The molecule has 2 aliphatic carbocycles. The van der Waals surface area contributed by atoms with Gasteiger partial charge in [-0.05, 0) is 248 Å². The van der Waals surface area contributed by atoms with Gasteiger partial charge in [0.15, 0.2) is 0 Å². The highest BCUT2D eigenvalue weighted by atomic mass is 16.2. The van der Waals surface area contributed by atoms with Gasteiger partial charge in [-0.3, -0.25) is 28.8 Å². The van der Waals surface area contributed by atoms with Crippen LogP contribution in [0.1, 0.15) is 294 Å². The van der Waals surface area contributed by atoms with Crippen LogP contribution in [0.15, 0.2) is 158 Å². The molecule has 0 spiro atoms. The van der Waals surface area contributed by atoms with Gasteiger partial charge in [-0.2, -0.15) is 0 Å². The third-order valence-electron chi connectivity index (χ3n) is 22.1. The molecule has 6 N–H and O–H groups in total. The summed E-state index contributed by atoms with van der Waals surface area (Å²) in [6.07, 6.45) is 10.3. The first-order valence-electron chi connectivity index (χ1n) is 37.5. The van der Waals surface area contributed by atoms with Crippen LogP contribution in [0.25, 0.3) is 0 Å². The zero-order valence-corrected chi connectivity index (χ0v) is 63.8. The second-order valence-corrected chi connectivity index (χ2v) is 30.9. The van der Waals surface area contributed by atoms with Crippen LogP contribution in [0, 0.1) is 55.4 Å². The number of para-hydroxylation sites is 2. The minimum absolute atomic E-state index is 0.208. The lowest BCUT2D eigenvalue weighted by Crippen LogP contribution is -2.31. The van der Waals surface area contributed by atoms with E-state index in [-0.39, 0.29) is 69.9 Å². The van der Waals surface area contributed by atoms with Crippen LogP contribution in [0.4, 0.5) is 34.1 Å². The molecule has 538 valence electrons. The van der Waals surface area contributed by atoms with Crippen LogP contribution in [0.2, 0.25) is 0 Å². The number of hydrogen-bond acceptors (Lipinski definition) is 6.